The van der Waals surface area contributed by atoms with E-state index in [-0.39, 0.29) is 5.91 Å². The van der Waals surface area contributed by atoms with Crippen LogP contribution in [0.5, 0.6) is 0 Å². The van der Waals surface area contributed by atoms with E-state index >= 15 is 0 Å². The van der Waals surface area contributed by atoms with Crippen molar-refractivity contribution in [2.45, 2.75) is 31.8 Å². The van der Waals surface area contributed by atoms with Crippen LogP contribution in [0.15, 0.2) is 29.9 Å². The molecule has 1 saturated carbocycles. The van der Waals surface area contributed by atoms with Gasteiger partial charge in [-0.1, -0.05) is 0 Å². The maximum Gasteiger partial charge on any atom is 0.272 e. The van der Waals surface area contributed by atoms with Crippen LogP contribution in [0, 0.1) is 16.7 Å². The predicted molar refractivity (Wildman–Crippen MR) is 98.5 cm³/mol. The fourth-order valence-electron chi connectivity index (χ4n) is 4.05. The molecule has 2 fully saturated rings. The second-order valence-corrected chi connectivity index (χ2v) is 8.24. The van der Waals surface area contributed by atoms with Gasteiger partial charge in [0.2, 0.25) is 0 Å². The lowest BCUT2D eigenvalue weighted by molar-refractivity contribution is 0.0652. The second kappa shape index (κ2) is 6.78. The molecule has 0 unspecified atom stereocenters. The average molecular weight is 367 g/mol. The molecule has 0 aromatic carbocycles. The number of thiazole rings is 1. The summed E-state index contributed by atoms with van der Waals surface area (Å²) in [5.41, 5.74) is 1.26. The molecule has 26 heavy (non-hydrogen) atoms. The van der Waals surface area contributed by atoms with E-state index in [1.54, 1.807) is 23.5 Å². The molecule has 1 aliphatic heterocycles. The normalized spacial score (nSPS) is 21.0. The summed E-state index contributed by atoms with van der Waals surface area (Å²) in [5.74, 6) is -0.0299. The summed E-state index contributed by atoms with van der Waals surface area (Å²) in [6.07, 6.45) is 6.62. The van der Waals surface area contributed by atoms with E-state index in [0.717, 1.165) is 37.5 Å². The molecule has 1 saturated heterocycles. The van der Waals surface area contributed by atoms with E-state index in [0.29, 0.717) is 22.7 Å². The summed E-state index contributed by atoms with van der Waals surface area (Å²) in [5, 5.41) is 12.0. The fourth-order valence-corrected chi connectivity index (χ4v) is 4.72. The standard InChI is InChI=1S/C19H21N5OS/c1-23(13-17-21-6-9-26-17)16-10-19(16)4-7-24(8-5-19)18(25)15-3-2-14(11-20)12-22-15/h2-3,6,9,12,16H,4-5,7-8,10,13H2,1H3/t16-/m1/s1. The highest BCUT2D eigenvalue weighted by Gasteiger charge is 2.56. The number of rotatable bonds is 4. The van der Waals surface area contributed by atoms with Gasteiger partial charge in [-0.2, -0.15) is 5.26 Å². The molecule has 1 amide bonds. The monoisotopic (exact) mass is 367 g/mol. The fraction of sp³-hybridized carbons (Fsp3) is 0.474. The van der Waals surface area contributed by atoms with Crippen molar-refractivity contribution >= 4 is 17.2 Å². The zero-order valence-corrected chi connectivity index (χ0v) is 15.6. The predicted octanol–water partition coefficient (Wildman–Crippen LogP) is 2.54. The van der Waals surface area contributed by atoms with Crippen molar-refractivity contribution < 1.29 is 4.79 Å². The lowest BCUT2D eigenvalue weighted by Gasteiger charge is -2.34. The largest absolute Gasteiger partial charge is 0.337 e. The summed E-state index contributed by atoms with van der Waals surface area (Å²) < 4.78 is 0. The van der Waals surface area contributed by atoms with Gasteiger partial charge in [-0.05, 0) is 43.9 Å². The lowest BCUT2D eigenvalue weighted by Crippen LogP contribution is -2.41. The Bertz CT molecular complexity index is 819. The highest BCUT2D eigenvalue weighted by molar-refractivity contribution is 7.09. The molecule has 0 bridgehead atoms. The Morgan fingerprint density at radius 1 is 1.42 bits per heavy atom. The molecule has 7 heteroatoms. The number of nitrogens with zero attached hydrogens (tertiary/aromatic N) is 5. The van der Waals surface area contributed by atoms with Gasteiger partial charge in [0.15, 0.2) is 0 Å². The molecular weight excluding hydrogens is 346 g/mol. The average Bonchev–Trinajstić information content (AvgIpc) is 3.12. The zero-order chi connectivity index (χ0) is 18.1. The number of carbonyl (C=O) groups excluding carboxylic acids is 1. The van der Waals surface area contributed by atoms with Crippen molar-refractivity contribution in [3.63, 3.8) is 0 Å². The van der Waals surface area contributed by atoms with Crippen LogP contribution in [0.25, 0.3) is 0 Å². The maximum atomic E-state index is 12.6. The first-order valence-electron chi connectivity index (χ1n) is 8.85. The highest BCUT2D eigenvalue weighted by atomic mass is 32.1. The van der Waals surface area contributed by atoms with E-state index < -0.39 is 0 Å². The third kappa shape index (κ3) is 3.22. The number of likely N-dealkylation sites (tertiary alicyclic amines) is 1. The van der Waals surface area contributed by atoms with E-state index in [2.05, 4.69) is 21.9 Å². The number of nitriles is 1. The summed E-state index contributed by atoms with van der Waals surface area (Å²) in [6.45, 7) is 2.46. The molecule has 3 heterocycles. The Kier molecular flexibility index (Phi) is 4.47. The van der Waals surface area contributed by atoms with Gasteiger partial charge in [-0.25, -0.2) is 9.97 Å². The van der Waals surface area contributed by atoms with Crippen molar-refractivity contribution in [1.82, 2.24) is 19.8 Å². The van der Waals surface area contributed by atoms with Crippen molar-refractivity contribution in [2.24, 2.45) is 5.41 Å². The summed E-state index contributed by atoms with van der Waals surface area (Å²) in [7, 11) is 2.18. The van der Waals surface area contributed by atoms with Crippen LogP contribution in [-0.4, -0.2) is 51.9 Å². The van der Waals surface area contributed by atoms with Crippen molar-refractivity contribution in [2.75, 3.05) is 20.1 Å². The Labute approximate surface area is 157 Å². The molecule has 1 atom stereocenters. The van der Waals surface area contributed by atoms with Crippen LogP contribution >= 0.6 is 11.3 Å². The number of hydrogen-bond acceptors (Lipinski definition) is 6. The smallest absolute Gasteiger partial charge is 0.272 e. The number of amides is 1. The van der Waals surface area contributed by atoms with Gasteiger partial charge in [0, 0.05) is 36.9 Å². The molecular formula is C19H21N5OS. The minimum atomic E-state index is -0.0299. The first-order chi connectivity index (χ1) is 12.6. The number of aromatic nitrogens is 2. The Morgan fingerprint density at radius 3 is 2.85 bits per heavy atom. The van der Waals surface area contributed by atoms with Crippen LogP contribution < -0.4 is 0 Å². The van der Waals surface area contributed by atoms with Crippen molar-refractivity contribution in [1.29, 1.82) is 5.26 Å². The summed E-state index contributed by atoms with van der Waals surface area (Å²) >= 11 is 1.70. The van der Waals surface area contributed by atoms with Gasteiger partial charge in [-0.3, -0.25) is 9.69 Å². The van der Waals surface area contributed by atoms with Crippen molar-refractivity contribution in [3.8, 4) is 6.07 Å². The number of carbonyl (C=O) groups is 1. The zero-order valence-electron chi connectivity index (χ0n) is 14.8. The van der Waals surface area contributed by atoms with Gasteiger partial charge < -0.3 is 4.90 Å². The molecule has 1 aliphatic carbocycles. The van der Waals surface area contributed by atoms with Gasteiger partial charge in [0.25, 0.3) is 5.91 Å². The minimum Gasteiger partial charge on any atom is -0.337 e. The van der Waals surface area contributed by atoms with Crippen LogP contribution in [-0.2, 0) is 6.54 Å². The van der Waals surface area contributed by atoms with E-state index in [1.165, 1.54) is 12.6 Å². The molecule has 2 aliphatic rings. The Hall–Kier alpha value is -2.30. The summed E-state index contributed by atoms with van der Waals surface area (Å²) in [6, 6.07) is 5.92. The third-order valence-electron chi connectivity index (χ3n) is 5.70. The highest BCUT2D eigenvalue weighted by Crippen LogP contribution is 2.56. The van der Waals surface area contributed by atoms with E-state index in [9.17, 15) is 4.79 Å². The third-order valence-corrected chi connectivity index (χ3v) is 6.47. The summed E-state index contributed by atoms with van der Waals surface area (Å²) in [4.78, 5) is 25.4. The molecule has 2 aromatic heterocycles. The van der Waals surface area contributed by atoms with E-state index in [4.69, 9.17) is 5.26 Å². The molecule has 2 aromatic rings. The van der Waals surface area contributed by atoms with Crippen LogP contribution in [0.4, 0.5) is 0 Å². The molecule has 0 radical (unpaired) electrons. The Morgan fingerprint density at radius 2 is 2.23 bits per heavy atom. The topological polar surface area (TPSA) is 73.1 Å². The number of pyridine rings is 1. The number of piperidine rings is 1. The Balaban J connectivity index is 1.33. The first-order valence-corrected chi connectivity index (χ1v) is 9.73. The van der Waals surface area contributed by atoms with Gasteiger partial charge >= 0.3 is 0 Å². The van der Waals surface area contributed by atoms with Crippen LogP contribution in [0.3, 0.4) is 0 Å². The van der Waals surface area contributed by atoms with Crippen LogP contribution in [0.2, 0.25) is 0 Å². The van der Waals surface area contributed by atoms with Gasteiger partial charge in [0.1, 0.15) is 16.8 Å². The van der Waals surface area contributed by atoms with E-state index in [1.807, 2.05) is 22.5 Å². The second-order valence-electron chi connectivity index (χ2n) is 7.26. The molecule has 134 valence electrons. The molecule has 4 rings (SSSR count). The van der Waals surface area contributed by atoms with Crippen LogP contribution in [0.1, 0.15) is 40.3 Å². The molecule has 6 nitrogen and oxygen atoms in total. The lowest BCUT2D eigenvalue weighted by atomic mass is 9.92. The van der Waals surface area contributed by atoms with Gasteiger partial charge in [0.05, 0.1) is 12.1 Å². The maximum absolute atomic E-state index is 12.6. The SMILES string of the molecule is CN(Cc1nccs1)[C@@H]1CC12CCN(C(=O)c1ccc(C#N)cn1)CC2. The van der Waals surface area contributed by atoms with Crippen molar-refractivity contribution in [3.05, 3.63) is 46.2 Å². The first kappa shape index (κ1) is 17.1. The molecule has 0 N–H and O–H groups in total. The minimum absolute atomic E-state index is 0.0299. The molecule has 1 spiro atoms. The van der Waals surface area contributed by atoms with Gasteiger partial charge in [-0.15, -0.1) is 11.3 Å². The number of hydrogen-bond donors (Lipinski definition) is 0. The quantitative estimate of drug-likeness (QED) is 0.830.